The molecule has 1 aromatic rings. The fourth-order valence-corrected chi connectivity index (χ4v) is 2.19. The molecule has 0 unspecified atom stereocenters. The standard InChI is InChI=1S/C12H13BrClNO3/c1-15(6-2-3-11(16)17)12(18)9-5-4-8(13)7-10(9)14/h4-5,7H,2-3,6H2,1H3,(H,16,17). The van der Waals surface area contributed by atoms with Gasteiger partial charge >= 0.3 is 5.97 Å². The number of nitrogens with zero attached hydrogens (tertiary/aromatic N) is 1. The van der Waals surface area contributed by atoms with Gasteiger partial charge < -0.3 is 10.0 Å². The number of carboxylic acids is 1. The van der Waals surface area contributed by atoms with Crippen molar-refractivity contribution in [2.75, 3.05) is 13.6 Å². The highest BCUT2D eigenvalue weighted by Gasteiger charge is 2.15. The molecular formula is C12H13BrClNO3. The molecular weight excluding hydrogens is 321 g/mol. The number of hydrogen-bond donors (Lipinski definition) is 1. The highest BCUT2D eigenvalue weighted by Crippen LogP contribution is 2.22. The summed E-state index contributed by atoms with van der Waals surface area (Å²) >= 11 is 9.25. The molecule has 1 aromatic carbocycles. The van der Waals surface area contributed by atoms with Crippen molar-refractivity contribution >= 4 is 39.4 Å². The lowest BCUT2D eigenvalue weighted by Gasteiger charge is -2.17. The van der Waals surface area contributed by atoms with Crippen molar-refractivity contribution in [2.45, 2.75) is 12.8 Å². The molecule has 0 aliphatic carbocycles. The average Bonchev–Trinajstić information content (AvgIpc) is 2.27. The number of carbonyl (C=O) groups excluding carboxylic acids is 1. The van der Waals surface area contributed by atoms with Gasteiger partial charge in [0.05, 0.1) is 10.6 Å². The summed E-state index contributed by atoms with van der Waals surface area (Å²) in [6.45, 7) is 0.386. The predicted molar refractivity (Wildman–Crippen MR) is 73.0 cm³/mol. The van der Waals surface area contributed by atoms with E-state index in [2.05, 4.69) is 15.9 Å². The SMILES string of the molecule is CN(CCCC(=O)O)C(=O)c1ccc(Br)cc1Cl. The highest BCUT2D eigenvalue weighted by molar-refractivity contribution is 9.10. The Balaban J connectivity index is 2.65. The predicted octanol–water partition coefficient (Wildman–Crippen LogP) is 3.04. The lowest BCUT2D eigenvalue weighted by atomic mass is 10.2. The third-order valence-corrected chi connectivity index (χ3v) is 3.20. The number of halogens is 2. The number of carbonyl (C=O) groups is 2. The van der Waals surface area contributed by atoms with Gasteiger partial charge in [-0.05, 0) is 24.6 Å². The fraction of sp³-hybridized carbons (Fsp3) is 0.333. The van der Waals surface area contributed by atoms with E-state index >= 15 is 0 Å². The Bertz CT molecular complexity index is 465. The summed E-state index contributed by atoms with van der Waals surface area (Å²) in [5.74, 6) is -1.07. The number of benzene rings is 1. The van der Waals surface area contributed by atoms with Crippen LogP contribution in [0.3, 0.4) is 0 Å². The zero-order valence-corrected chi connectivity index (χ0v) is 12.2. The molecule has 0 saturated carbocycles. The Labute approximate surface area is 119 Å². The van der Waals surface area contributed by atoms with E-state index in [0.29, 0.717) is 23.6 Å². The second-order valence-corrected chi connectivity index (χ2v) is 5.17. The number of amides is 1. The van der Waals surface area contributed by atoms with Crippen LogP contribution in [0.15, 0.2) is 22.7 Å². The van der Waals surface area contributed by atoms with Crippen LogP contribution in [0, 0.1) is 0 Å². The smallest absolute Gasteiger partial charge is 0.303 e. The molecule has 6 heteroatoms. The first-order chi connectivity index (χ1) is 8.41. The Morgan fingerprint density at radius 3 is 2.67 bits per heavy atom. The molecule has 0 spiro atoms. The first-order valence-electron chi connectivity index (χ1n) is 5.34. The van der Waals surface area contributed by atoms with Gasteiger partial charge in [0.2, 0.25) is 0 Å². The monoisotopic (exact) mass is 333 g/mol. The van der Waals surface area contributed by atoms with Gasteiger partial charge in [-0.25, -0.2) is 0 Å². The molecule has 98 valence electrons. The summed E-state index contributed by atoms with van der Waals surface area (Å²) in [5.41, 5.74) is 0.415. The van der Waals surface area contributed by atoms with Crippen molar-refractivity contribution in [2.24, 2.45) is 0 Å². The quantitative estimate of drug-likeness (QED) is 0.900. The minimum absolute atomic E-state index is 0.0473. The number of aliphatic carboxylic acids is 1. The first-order valence-corrected chi connectivity index (χ1v) is 6.51. The fourth-order valence-electron chi connectivity index (χ4n) is 1.44. The first kappa shape index (κ1) is 15.0. The molecule has 0 fully saturated rings. The maximum Gasteiger partial charge on any atom is 0.303 e. The minimum Gasteiger partial charge on any atom is -0.481 e. The molecule has 1 amide bonds. The van der Waals surface area contributed by atoms with Crippen LogP contribution in [0.1, 0.15) is 23.2 Å². The van der Waals surface area contributed by atoms with Gasteiger partial charge in [-0.3, -0.25) is 9.59 Å². The molecule has 0 saturated heterocycles. The Kier molecular flexibility index (Phi) is 5.62. The highest BCUT2D eigenvalue weighted by atomic mass is 79.9. The second kappa shape index (κ2) is 6.75. The molecule has 18 heavy (non-hydrogen) atoms. The van der Waals surface area contributed by atoms with E-state index in [9.17, 15) is 9.59 Å². The zero-order chi connectivity index (χ0) is 13.7. The minimum atomic E-state index is -0.863. The second-order valence-electron chi connectivity index (χ2n) is 3.85. The number of rotatable bonds is 5. The van der Waals surface area contributed by atoms with Crippen LogP contribution in [0.25, 0.3) is 0 Å². The van der Waals surface area contributed by atoms with Crippen LogP contribution < -0.4 is 0 Å². The van der Waals surface area contributed by atoms with Gasteiger partial charge in [0.25, 0.3) is 5.91 Å². The summed E-state index contributed by atoms with van der Waals surface area (Å²) in [6.07, 6.45) is 0.470. The van der Waals surface area contributed by atoms with E-state index in [-0.39, 0.29) is 12.3 Å². The Morgan fingerprint density at radius 2 is 2.11 bits per heavy atom. The van der Waals surface area contributed by atoms with Crippen molar-refractivity contribution in [1.82, 2.24) is 4.90 Å². The summed E-state index contributed by atoms with van der Waals surface area (Å²) in [7, 11) is 1.63. The number of hydrogen-bond acceptors (Lipinski definition) is 2. The summed E-state index contributed by atoms with van der Waals surface area (Å²) in [6, 6.07) is 5.03. The molecule has 1 N–H and O–H groups in total. The van der Waals surface area contributed by atoms with Gasteiger partial charge in [-0.15, -0.1) is 0 Å². The molecule has 4 nitrogen and oxygen atoms in total. The summed E-state index contributed by atoms with van der Waals surface area (Å²) < 4.78 is 0.803. The molecule has 0 aliphatic rings. The van der Waals surface area contributed by atoms with E-state index < -0.39 is 5.97 Å². The van der Waals surface area contributed by atoms with Crippen LogP contribution in [-0.2, 0) is 4.79 Å². The molecule has 0 aromatic heterocycles. The van der Waals surface area contributed by atoms with Crippen LogP contribution in [0.5, 0.6) is 0 Å². The zero-order valence-electron chi connectivity index (χ0n) is 9.82. The molecule has 0 atom stereocenters. The normalized spacial score (nSPS) is 10.2. The van der Waals surface area contributed by atoms with Gasteiger partial charge in [0.15, 0.2) is 0 Å². The van der Waals surface area contributed by atoms with Crippen LogP contribution >= 0.6 is 27.5 Å². The lowest BCUT2D eigenvalue weighted by molar-refractivity contribution is -0.137. The molecule has 0 radical (unpaired) electrons. The summed E-state index contributed by atoms with van der Waals surface area (Å²) in [4.78, 5) is 23.9. The van der Waals surface area contributed by atoms with Gasteiger partial charge in [0, 0.05) is 24.5 Å². The van der Waals surface area contributed by atoms with Gasteiger partial charge in [-0.2, -0.15) is 0 Å². The molecule has 1 rings (SSSR count). The van der Waals surface area contributed by atoms with E-state index in [4.69, 9.17) is 16.7 Å². The van der Waals surface area contributed by atoms with E-state index in [1.54, 1.807) is 25.2 Å². The molecule has 0 bridgehead atoms. The van der Waals surface area contributed by atoms with Crippen LogP contribution in [-0.4, -0.2) is 35.5 Å². The third kappa shape index (κ3) is 4.31. The Hall–Kier alpha value is -1.07. The topological polar surface area (TPSA) is 57.6 Å². The van der Waals surface area contributed by atoms with Crippen LogP contribution in [0.2, 0.25) is 5.02 Å². The summed E-state index contributed by atoms with van der Waals surface area (Å²) in [5, 5.41) is 8.90. The Morgan fingerprint density at radius 1 is 1.44 bits per heavy atom. The van der Waals surface area contributed by atoms with Crippen molar-refractivity contribution < 1.29 is 14.7 Å². The third-order valence-electron chi connectivity index (χ3n) is 2.39. The molecule has 0 heterocycles. The maximum atomic E-state index is 12.0. The lowest BCUT2D eigenvalue weighted by Crippen LogP contribution is -2.28. The van der Waals surface area contributed by atoms with E-state index in [0.717, 1.165) is 4.47 Å². The van der Waals surface area contributed by atoms with Gasteiger partial charge in [-0.1, -0.05) is 27.5 Å². The van der Waals surface area contributed by atoms with Crippen molar-refractivity contribution in [3.8, 4) is 0 Å². The maximum absolute atomic E-state index is 12.0. The van der Waals surface area contributed by atoms with E-state index in [1.807, 2.05) is 0 Å². The largest absolute Gasteiger partial charge is 0.481 e. The van der Waals surface area contributed by atoms with Crippen LogP contribution in [0.4, 0.5) is 0 Å². The van der Waals surface area contributed by atoms with E-state index in [1.165, 1.54) is 4.90 Å². The van der Waals surface area contributed by atoms with Crippen molar-refractivity contribution in [1.29, 1.82) is 0 Å². The molecule has 0 aliphatic heterocycles. The van der Waals surface area contributed by atoms with Gasteiger partial charge in [0.1, 0.15) is 0 Å². The number of carboxylic acid groups (broad SMARTS) is 1. The average molecular weight is 335 g/mol. The van der Waals surface area contributed by atoms with Crippen molar-refractivity contribution in [3.05, 3.63) is 33.3 Å². The van der Waals surface area contributed by atoms with Crippen molar-refractivity contribution in [3.63, 3.8) is 0 Å².